The molecule has 2 aromatic rings. The third-order valence-electron chi connectivity index (χ3n) is 4.91. The topological polar surface area (TPSA) is 65.4 Å². The summed E-state index contributed by atoms with van der Waals surface area (Å²) in [5.41, 5.74) is 0. The molecule has 8 heteroatoms. The molecule has 0 aromatic heterocycles. The lowest BCUT2D eigenvalue weighted by molar-refractivity contribution is 0.0240. The monoisotopic (exact) mass is 542 g/mol. The fraction of sp³-hybridized carbons (Fsp3) is 0.455. The highest BCUT2D eigenvalue weighted by atomic mass is 79.9. The van der Waals surface area contributed by atoms with E-state index in [9.17, 15) is 10.2 Å². The van der Waals surface area contributed by atoms with Gasteiger partial charge in [0.2, 0.25) is 0 Å². The Bertz CT molecular complexity index is 687. The standard InChI is InChI=1S/C22H28Br2N2O4/c23-17-1-5-21(6-2-17)29-15-19(27)13-25-9-11-26(12-10-25)14-20(28)16-30-22-7-3-18(24)4-8-22/h1-8,19-20,27-28H,9-16H2/t19-,20-/m1/s1. The molecule has 2 N–H and O–H groups in total. The van der Waals surface area contributed by atoms with Gasteiger partial charge in [0.1, 0.15) is 36.9 Å². The molecule has 0 unspecified atom stereocenters. The number of aliphatic hydroxyl groups excluding tert-OH is 2. The average Bonchev–Trinajstić information content (AvgIpc) is 2.74. The SMILES string of the molecule is O[C@@H](COc1ccc(Br)cc1)CN1CCN(C[C@@H](O)COc2ccc(Br)cc2)CC1. The Morgan fingerprint density at radius 3 is 1.33 bits per heavy atom. The van der Waals surface area contributed by atoms with E-state index in [0.29, 0.717) is 13.1 Å². The summed E-state index contributed by atoms with van der Waals surface area (Å²) in [5, 5.41) is 20.5. The van der Waals surface area contributed by atoms with Gasteiger partial charge in [0.15, 0.2) is 0 Å². The van der Waals surface area contributed by atoms with Crippen molar-refractivity contribution >= 4 is 31.9 Å². The number of hydrogen-bond acceptors (Lipinski definition) is 6. The Kier molecular flexibility index (Phi) is 9.42. The van der Waals surface area contributed by atoms with Crippen LogP contribution in [0, 0.1) is 0 Å². The maximum absolute atomic E-state index is 10.3. The average molecular weight is 544 g/mol. The van der Waals surface area contributed by atoms with Gasteiger partial charge in [0.25, 0.3) is 0 Å². The zero-order chi connectivity index (χ0) is 21.3. The lowest BCUT2D eigenvalue weighted by atomic mass is 10.2. The van der Waals surface area contributed by atoms with E-state index in [1.165, 1.54) is 0 Å². The zero-order valence-electron chi connectivity index (χ0n) is 16.8. The minimum Gasteiger partial charge on any atom is -0.491 e. The zero-order valence-corrected chi connectivity index (χ0v) is 20.0. The largest absolute Gasteiger partial charge is 0.491 e. The number of β-amino-alcohol motifs (C(OH)–C–C–N with tert-alkyl or cyclic N) is 2. The first-order valence-corrected chi connectivity index (χ1v) is 11.6. The fourth-order valence-corrected chi connectivity index (χ4v) is 3.83. The number of piperazine rings is 1. The van der Waals surface area contributed by atoms with Crippen molar-refractivity contribution in [2.75, 3.05) is 52.5 Å². The summed E-state index contributed by atoms with van der Waals surface area (Å²) in [5.74, 6) is 1.50. The van der Waals surface area contributed by atoms with Crippen molar-refractivity contribution in [3.05, 3.63) is 57.5 Å². The van der Waals surface area contributed by atoms with Crippen LogP contribution in [0.4, 0.5) is 0 Å². The van der Waals surface area contributed by atoms with Gasteiger partial charge in [-0.15, -0.1) is 0 Å². The minimum atomic E-state index is -0.537. The van der Waals surface area contributed by atoms with E-state index in [1.807, 2.05) is 48.5 Å². The first-order chi connectivity index (χ1) is 14.5. The van der Waals surface area contributed by atoms with Crippen LogP contribution in [-0.2, 0) is 0 Å². The number of benzene rings is 2. The molecular weight excluding hydrogens is 516 g/mol. The van der Waals surface area contributed by atoms with E-state index < -0.39 is 12.2 Å². The molecule has 0 spiro atoms. The fourth-order valence-electron chi connectivity index (χ4n) is 3.30. The summed E-state index contributed by atoms with van der Waals surface area (Å²) in [6.07, 6.45) is -1.07. The van der Waals surface area contributed by atoms with Gasteiger partial charge in [-0.2, -0.15) is 0 Å². The van der Waals surface area contributed by atoms with Gasteiger partial charge >= 0.3 is 0 Å². The van der Waals surface area contributed by atoms with Crippen molar-refractivity contribution in [3.8, 4) is 11.5 Å². The third-order valence-corrected chi connectivity index (χ3v) is 5.97. The Balaban J connectivity index is 1.30. The van der Waals surface area contributed by atoms with E-state index in [2.05, 4.69) is 41.7 Å². The molecule has 30 heavy (non-hydrogen) atoms. The van der Waals surface area contributed by atoms with E-state index in [-0.39, 0.29) is 13.2 Å². The van der Waals surface area contributed by atoms with Gasteiger partial charge in [-0.05, 0) is 48.5 Å². The van der Waals surface area contributed by atoms with Crippen LogP contribution in [0.25, 0.3) is 0 Å². The van der Waals surface area contributed by atoms with Gasteiger partial charge in [-0.3, -0.25) is 9.80 Å². The summed E-state index contributed by atoms with van der Waals surface area (Å²) in [6.45, 7) is 5.14. The van der Waals surface area contributed by atoms with Gasteiger partial charge in [0, 0.05) is 48.2 Å². The molecule has 1 fully saturated rings. The van der Waals surface area contributed by atoms with Crippen LogP contribution in [-0.4, -0.2) is 84.7 Å². The second-order valence-corrected chi connectivity index (χ2v) is 9.27. The first-order valence-electron chi connectivity index (χ1n) is 10.1. The van der Waals surface area contributed by atoms with Gasteiger partial charge in [0.05, 0.1) is 0 Å². The van der Waals surface area contributed by atoms with E-state index in [1.54, 1.807) is 0 Å². The number of rotatable bonds is 10. The predicted molar refractivity (Wildman–Crippen MR) is 124 cm³/mol. The van der Waals surface area contributed by atoms with E-state index in [0.717, 1.165) is 46.6 Å². The van der Waals surface area contributed by atoms with Gasteiger partial charge in [-0.1, -0.05) is 31.9 Å². The summed E-state index contributed by atoms with van der Waals surface area (Å²) in [4.78, 5) is 4.47. The van der Waals surface area contributed by atoms with Crippen LogP contribution < -0.4 is 9.47 Å². The molecule has 6 nitrogen and oxygen atoms in total. The molecular formula is C22H28Br2N2O4. The van der Waals surface area contributed by atoms with Gasteiger partial charge in [-0.25, -0.2) is 0 Å². The second kappa shape index (κ2) is 12.0. The highest BCUT2D eigenvalue weighted by Crippen LogP contribution is 2.17. The Morgan fingerprint density at radius 1 is 0.667 bits per heavy atom. The number of hydrogen-bond donors (Lipinski definition) is 2. The number of nitrogens with zero attached hydrogens (tertiary/aromatic N) is 2. The van der Waals surface area contributed by atoms with Crippen molar-refractivity contribution in [2.24, 2.45) is 0 Å². The molecule has 0 bridgehead atoms. The number of ether oxygens (including phenoxy) is 2. The van der Waals surface area contributed by atoms with Crippen molar-refractivity contribution < 1.29 is 19.7 Å². The Labute approximate surface area is 194 Å². The van der Waals surface area contributed by atoms with Crippen LogP contribution in [0.1, 0.15) is 0 Å². The molecule has 2 aromatic carbocycles. The van der Waals surface area contributed by atoms with Crippen molar-refractivity contribution in [2.45, 2.75) is 12.2 Å². The van der Waals surface area contributed by atoms with Crippen LogP contribution >= 0.6 is 31.9 Å². The molecule has 164 valence electrons. The molecule has 1 aliphatic rings. The van der Waals surface area contributed by atoms with Crippen molar-refractivity contribution in [3.63, 3.8) is 0 Å². The quantitative estimate of drug-likeness (QED) is 0.480. The summed E-state index contributed by atoms with van der Waals surface area (Å²) >= 11 is 6.79. The molecule has 1 aliphatic heterocycles. The first kappa shape index (κ1) is 23.5. The van der Waals surface area contributed by atoms with Crippen molar-refractivity contribution in [1.82, 2.24) is 9.80 Å². The molecule has 0 aliphatic carbocycles. The second-order valence-electron chi connectivity index (χ2n) is 7.44. The van der Waals surface area contributed by atoms with E-state index in [4.69, 9.17) is 9.47 Å². The van der Waals surface area contributed by atoms with Crippen molar-refractivity contribution in [1.29, 1.82) is 0 Å². The molecule has 2 atom stereocenters. The smallest absolute Gasteiger partial charge is 0.119 e. The molecule has 0 amide bonds. The van der Waals surface area contributed by atoms with Gasteiger partial charge < -0.3 is 19.7 Å². The molecule has 0 radical (unpaired) electrons. The normalized spacial score (nSPS) is 17.5. The maximum Gasteiger partial charge on any atom is 0.119 e. The molecule has 3 rings (SSSR count). The molecule has 1 saturated heterocycles. The molecule has 1 heterocycles. The third kappa shape index (κ3) is 8.17. The number of halogens is 2. The minimum absolute atomic E-state index is 0.272. The summed E-state index contributed by atoms with van der Waals surface area (Å²) in [7, 11) is 0. The lowest BCUT2D eigenvalue weighted by Crippen LogP contribution is -2.51. The predicted octanol–water partition coefficient (Wildman–Crippen LogP) is 3.01. The molecule has 0 saturated carbocycles. The highest BCUT2D eigenvalue weighted by Gasteiger charge is 2.21. The number of aliphatic hydroxyl groups is 2. The van der Waals surface area contributed by atoms with Crippen LogP contribution in [0.2, 0.25) is 0 Å². The Morgan fingerprint density at radius 2 is 1.00 bits per heavy atom. The van der Waals surface area contributed by atoms with E-state index >= 15 is 0 Å². The summed E-state index contributed by atoms with van der Waals surface area (Å²) < 4.78 is 13.3. The maximum atomic E-state index is 10.3. The summed E-state index contributed by atoms with van der Waals surface area (Å²) in [6, 6.07) is 15.2. The Hall–Kier alpha value is -1.16. The van der Waals surface area contributed by atoms with Crippen LogP contribution in [0.5, 0.6) is 11.5 Å². The van der Waals surface area contributed by atoms with Crippen LogP contribution in [0.15, 0.2) is 57.5 Å². The highest BCUT2D eigenvalue weighted by molar-refractivity contribution is 9.10. The lowest BCUT2D eigenvalue weighted by Gasteiger charge is -2.36. The van der Waals surface area contributed by atoms with Crippen LogP contribution in [0.3, 0.4) is 0 Å².